The third kappa shape index (κ3) is 4.83. The average Bonchev–Trinajstić information content (AvgIpc) is 3.42. The fourth-order valence-electron chi connectivity index (χ4n) is 4.48. The van der Waals surface area contributed by atoms with Crippen LogP contribution >= 0.6 is 0 Å². The van der Waals surface area contributed by atoms with E-state index in [0.717, 1.165) is 12.4 Å². The fraction of sp³-hybridized carbons (Fsp3) is 0.192. The summed E-state index contributed by atoms with van der Waals surface area (Å²) in [4.78, 5) is 33.5. The first-order chi connectivity index (χ1) is 19.4. The first-order valence-electron chi connectivity index (χ1n) is 12.0. The number of aromatic amines is 1. The molecule has 0 bridgehead atoms. The number of aromatic nitrogens is 7. The Morgan fingerprint density at radius 2 is 1.71 bits per heavy atom. The number of fused-ring (bicyclic) bond motifs is 1. The van der Waals surface area contributed by atoms with E-state index in [2.05, 4.69) is 24.9 Å². The van der Waals surface area contributed by atoms with Crippen molar-refractivity contribution in [1.29, 1.82) is 0 Å². The van der Waals surface area contributed by atoms with E-state index in [0.29, 0.717) is 22.2 Å². The number of hydrogen-bond donors (Lipinski definition) is 1. The smallest absolute Gasteiger partial charge is 0.333 e. The van der Waals surface area contributed by atoms with Crippen LogP contribution in [0.3, 0.4) is 0 Å². The number of aryl methyl sites for hydroxylation is 1. The molecular weight excluding hydrogens is 554 g/mol. The van der Waals surface area contributed by atoms with Crippen LogP contribution in [0.2, 0.25) is 0 Å². The Morgan fingerprint density at radius 1 is 0.976 bits per heavy atom. The molecule has 9 nitrogen and oxygen atoms in total. The quantitative estimate of drug-likeness (QED) is 0.301. The minimum atomic E-state index is -4.57. The van der Waals surface area contributed by atoms with Crippen LogP contribution in [0.1, 0.15) is 11.3 Å². The summed E-state index contributed by atoms with van der Waals surface area (Å²) in [5.74, 6) is 0.535. The van der Waals surface area contributed by atoms with Crippen LogP contribution in [0.4, 0.5) is 32.2 Å². The van der Waals surface area contributed by atoms with Crippen molar-refractivity contribution in [2.24, 2.45) is 7.05 Å². The molecule has 1 aliphatic rings. The highest BCUT2D eigenvalue weighted by atomic mass is 19.4. The second-order valence-corrected chi connectivity index (χ2v) is 9.36. The van der Waals surface area contributed by atoms with Crippen LogP contribution in [0.5, 0.6) is 0 Å². The Morgan fingerprint density at radius 3 is 2.37 bits per heavy atom. The molecule has 4 aromatic heterocycles. The maximum Gasteiger partial charge on any atom is 0.434 e. The monoisotopic (exact) mass is 572 g/mol. The molecule has 0 saturated heterocycles. The van der Waals surface area contributed by atoms with Crippen molar-refractivity contribution in [3.8, 4) is 22.8 Å². The van der Waals surface area contributed by atoms with Gasteiger partial charge in [-0.25, -0.2) is 24.7 Å². The number of pyridine rings is 1. The molecule has 15 heteroatoms. The Kier molecular flexibility index (Phi) is 5.97. The molecule has 1 aromatic carbocycles. The molecule has 1 aliphatic heterocycles. The topological polar surface area (TPSA) is 97.5 Å². The summed E-state index contributed by atoms with van der Waals surface area (Å²) in [6.07, 6.45) is -4.27. The van der Waals surface area contributed by atoms with E-state index in [1.807, 2.05) is 0 Å². The van der Waals surface area contributed by atoms with Gasteiger partial charge in [0.15, 0.2) is 17.2 Å². The molecule has 0 aliphatic carbocycles. The van der Waals surface area contributed by atoms with Crippen molar-refractivity contribution in [3.05, 3.63) is 88.5 Å². The third-order valence-electron chi connectivity index (χ3n) is 6.55. The van der Waals surface area contributed by atoms with Crippen molar-refractivity contribution in [2.75, 3.05) is 11.4 Å². The highest BCUT2D eigenvalue weighted by molar-refractivity contribution is 5.78. The molecule has 0 spiro atoms. The minimum absolute atomic E-state index is 0.0770. The first-order valence-corrected chi connectivity index (χ1v) is 12.0. The lowest BCUT2D eigenvalue weighted by molar-refractivity contribution is -0.140. The van der Waals surface area contributed by atoms with Crippen molar-refractivity contribution >= 4 is 17.0 Å². The molecule has 0 atom stereocenters. The first kappa shape index (κ1) is 26.3. The second-order valence-electron chi connectivity index (χ2n) is 9.36. The molecule has 0 radical (unpaired) electrons. The third-order valence-corrected chi connectivity index (χ3v) is 6.55. The number of benzene rings is 1. The van der Waals surface area contributed by atoms with Crippen LogP contribution in [-0.2, 0) is 19.8 Å². The predicted molar refractivity (Wildman–Crippen MR) is 136 cm³/mol. The van der Waals surface area contributed by atoms with Gasteiger partial charge in [-0.15, -0.1) is 0 Å². The van der Waals surface area contributed by atoms with Crippen LogP contribution in [0, 0.1) is 0 Å². The van der Waals surface area contributed by atoms with E-state index in [4.69, 9.17) is 0 Å². The lowest BCUT2D eigenvalue weighted by Gasteiger charge is -2.32. The number of rotatable bonds is 5. The lowest BCUT2D eigenvalue weighted by atomic mass is 10.1. The van der Waals surface area contributed by atoms with Gasteiger partial charge >= 0.3 is 18.0 Å². The zero-order valence-corrected chi connectivity index (χ0v) is 21.0. The standard InChI is InChI=1S/C26H18F6N8O/c1-38-13-19(26(30,31)32)36-21(38)15-6-4-14(5-7-15)10-40-23-18(35-24(40)41)9-34-20(37-23)17-3-2-8-33-22(17)39-11-16(12-39)25(27,28)29/h2-9,11,13H,10,12H2,1H3,(H,35,41). The number of nitrogens with zero attached hydrogens (tertiary/aromatic N) is 7. The molecule has 0 unspecified atom stereocenters. The Balaban J connectivity index is 1.30. The number of anilines is 1. The summed E-state index contributed by atoms with van der Waals surface area (Å²) < 4.78 is 80.7. The molecule has 1 N–H and O–H groups in total. The Bertz CT molecular complexity index is 1860. The minimum Gasteiger partial charge on any atom is -0.333 e. The molecule has 41 heavy (non-hydrogen) atoms. The van der Waals surface area contributed by atoms with Crippen LogP contribution in [0.25, 0.3) is 33.9 Å². The number of H-pyrrole nitrogens is 1. The van der Waals surface area contributed by atoms with Crippen molar-refractivity contribution in [2.45, 2.75) is 18.9 Å². The van der Waals surface area contributed by atoms with Crippen molar-refractivity contribution < 1.29 is 26.3 Å². The van der Waals surface area contributed by atoms with Gasteiger partial charge in [-0.3, -0.25) is 4.57 Å². The average molecular weight is 572 g/mol. The summed E-state index contributed by atoms with van der Waals surface area (Å²) in [6.45, 7) is -0.288. The summed E-state index contributed by atoms with van der Waals surface area (Å²) >= 11 is 0. The van der Waals surface area contributed by atoms with Crippen molar-refractivity contribution in [3.63, 3.8) is 0 Å². The highest BCUT2D eigenvalue weighted by Crippen LogP contribution is 2.37. The molecule has 0 saturated carbocycles. The second kappa shape index (κ2) is 9.31. The van der Waals surface area contributed by atoms with Gasteiger partial charge in [0.2, 0.25) is 0 Å². The maximum atomic E-state index is 13.0. The summed E-state index contributed by atoms with van der Waals surface area (Å²) in [6, 6.07) is 9.77. The number of halogens is 6. The predicted octanol–water partition coefficient (Wildman–Crippen LogP) is 4.92. The molecular formula is C26H18F6N8O. The maximum absolute atomic E-state index is 13.0. The molecule has 5 aromatic rings. The molecule has 0 amide bonds. The molecule has 210 valence electrons. The van der Waals surface area contributed by atoms with Gasteiger partial charge in [-0.2, -0.15) is 26.3 Å². The van der Waals surface area contributed by atoms with Gasteiger partial charge < -0.3 is 14.5 Å². The normalized spacial score (nSPS) is 13.9. The summed E-state index contributed by atoms with van der Waals surface area (Å²) in [5, 5.41) is 0. The van der Waals surface area contributed by atoms with Crippen LogP contribution in [-0.4, -0.2) is 46.8 Å². The molecule has 6 rings (SSSR count). The van der Waals surface area contributed by atoms with Gasteiger partial charge in [-0.05, 0) is 17.7 Å². The van der Waals surface area contributed by atoms with Crippen molar-refractivity contribution in [1.82, 2.24) is 34.1 Å². The highest BCUT2D eigenvalue weighted by Gasteiger charge is 2.40. The Hall–Kier alpha value is -4.95. The van der Waals surface area contributed by atoms with E-state index < -0.39 is 29.3 Å². The fourth-order valence-corrected chi connectivity index (χ4v) is 4.48. The SMILES string of the molecule is Cn1cc(C(F)(F)F)nc1-c1ccc(Cn2c(=O)[nH]c3cnc(-c4cccnc4N4C=C(C(F)(F)F)C4)nc32)cc1. The van der Waals surface area contributed by atoms with E-state index in [9.17, 15) is 31.1 Å². The van der Waals surface area contributed by atoms with E-state index >= 15 is 0 Å². The Labute approximate surface area is 226 Å². The number of hydrogen-bond acceptors (Lipinski definition) is 6. The van der Waals surface area contributed by atoms with Gasteiger partial charge in [0, 0.05) is 31.2 Å². The van der Waals surface area contributed by atoms with Gasteiger partial charge in [0.1, 0.15) is 17.2 Å². The van der Waals surface area contributed by atoms with Gasteiger partial charge in [0.25, 0.3) is 0 Å². The van der Waals surface area contributed by atoms with E-state index in [1.54, 1.807) is 36.4 Å². The number of imidazole rings is 2. The number of nitrogens with one attached hydrogen (secondary N) is 1. The summed E-state index contributed by atoms with van der Waals surface area (Å²) in [5.41, 5.74) is -0.0481. The summed E-state index contributed by atoms with van der Waals surface area (Å²) in [7, 11) is 1.47. The largest absolute Gasteiger partial charge is 0.434 e. The number of alkyl halides is 6. The zero-order chi connectivity index (χ0) is 29.1. The van der Waals surface area contributed by atoms with E-state index in [-0.39, 0.29) is 36.2 Å². The van der Waals surface area contributed by atoms with E-state index in [1.165, 1.54) is 33.5 Å². The van der Waals surface area contributed by atoms with Crippen LogP contribution in [0.15, 0.2) is 71.6 Å². The van der Waals surface area contributed by atoms with Gasteiger partial charge in [-0.1, -0.05) is 24.3 Å². The van der Waals surface area contributed by atoms with Crippen LogP contribution < -0.4 is 10.6 Å². The molecule has 0 fully saturated rings. The zero-order valence-electron chi connectivity index (χ0n) is 21.0. The van der Waals surface area contributed by atoms with Gasteiger partial charge in [0.05, 0.1) is 30.4 Å². The molecule has 5 heterocycles. The lowest BCUT2D eigenvalue weighted by Crippen LogP contribution is -2.37.